The number of anilines is 1. The van der Waals surface area contributed by atoms with Crippen LogP contribution in [0.4, 0.5) is 5.69 Å². The third kappa shape index (κ3) is 2.24. The second-order valence-corrected chi connectivity index (χ2v) is 2.95. The molecule has 0 heterocycles. The first-order chi connectivity index (χ1) is 5.74. The number of hydrogen-bond acceptors (Lipinski definition) is 2. The normalized spacial score (nSPS) is 12.8. The van der Waals surface area contributed by atoms with Crippen molar-refractivity contribution in [3.8, 4) is 0 Å². The van der Waals surface area contributed by atoms with Crippen LogP contribution in [0.25, 0.3) is 0 Å². The fourth-order valence-electron chi connectivity index (χ4n) is 1.21. The highest BCUT2D eigenvalue weighted by Crippen LogP contribution is 2.13. The van der Waals surface area contributed by atoms with Crippen LogP contribution in [0, 0.1) is 0 Å². The second-order valence-electron chi connectivity index (χ2n) is 2.95. The molecular weight excluding hydrogens is 148 g/mol. The summed E-state index contributed by atoms with van der Waals surface area (Å²) in [7, 11) is 0. The Hall–Kier alpha value is -1.02. The van der Waals surface area contributed by atoms with E-state index in [-0.39, 0.29) is 0 Å². The molecule has 0 saturated heterocycles. The van der Waals surface area contributed by atoms with Gasteiger partial charge in [-0.25, -0.2) is 0 Å². The first-order valence-corrected chi connectivity index (χ1v) is 4.33. The third-order valence-electron chi connectivity index (χ3n) is 1.95. The first-order valence-electron chi connectivity index (χ1n) is 4.33. The lowest BCUT2D eigenvalue weighted by molar-refractivity contribution is 0.598. The number of hydrogen-bond donors (Lipinski definition) is 2. The Kier molecular flexibility index (Phi) is 3.11. The predicted octanol–water partition coefficient (Wildman–Crippen LogP) is 1.94. The zero-order valence-electron chi connectivity index (χ0n) is 7.67. The molecule has 3 N–H and O–H groups in total. The van der Waals surface area contributed by atoms with Gasteiger partial charge >= 0.3 is 0 Å². The van der Waals surface area contributed by atoms with E-state index < -0.39 is 0 Å². The number of nitrogens with two attached hydrogens (primary N) is 1. The molecule has 0 bridgehead atoms. The summed E-state index contributed by atoms with van der Waals surface area (Å²) < 4.78 is 0. The molecule has 1 atom stereocenters. The maximum absolute atomic E-state index is 5.58. The monoisotopic (exact) mass is 164 g/mol. The minimum absolute atomic E-state index is 0.413. The zero-order chi connectivity index (χ0) is 8.97. The quantitative estimate of drug-likeness (QED) is 0.670. The molecule has 0 amide bonds. The Bertz CT molecular complexity index is 228. The lowest BCUT2D eigenvalue weighted by Gasteiger charge is -2.12. The van der Waals surface area contributed by atoms with E-state index in [1.807, 2.05) is 12.1 Å². The van der Waals surface area contributed by atoms with Crippen LogP contribution in [-0.4, -0.2) is 6.54 Å². The fraction of sp³-hybridized carbons (Fsp3) is 0.400. The van der Waals surface area contributed by atoms with Gasteiger partial charge in [0.25, 0.3) is 0 Å². The van der Waals surface area contributed by atoms with Crippen LogP contribution in [0.15, 0.2) is 24.3 Å². The third-order valence-corrected chi connectivity index (χ3v) is 1.95. The van der Waals surface area contributed by atoms with Crippen LogP contribution in [0.3, 0.4) is 0 Å². The molecule has 66 valence electrons. The molecule has 0 spiro atoms. The highest BCUT2D eigenvalue weighted by molar-refractivity contribution is 5.39. The summed E-state index contributed by atoms with van der Waals surface area (Å²) >= 11 is 0. The van der Waals surface area contributed by atoms with Gasteiger partial charge in [0.2, 0.25) is 0 Å². The van der Waals surface area contributed by atoms with Gasteiger partial charge in [0.15, 0.2) is 0 Å². The van der Waals surface area contributed by atoms with Crippen molar-refractivity contribution < 1.29 is 0 Å². The Labute approximate surface area is 73.8 Å². The molecule has 0 fully saturated rings. The molecule has 12 heavy (non-hydrogen) atoms. The number of rotatable bonds is 3. The van der Waals surface area contributed by atoms with E-state index in [0.29, 0.717) is 6.04 Å². The summed E-state index contributed by atoms with van der Waals surface area (Å²) in [6, 6.07) is 8.40. The predicted molar refractivity (Wildman–Crippen MR) is 52.9 cm³/mol. The lowest BCUT2D eigenvalue weighted by Crippen LogP contribution is -2.17. The molecule has 1 rings (SSSR count). The van der Waals surface area contributed by atoms with Gasteiger partial charge in [0.1, 0.15) is 0 Å². The van der Waals surface area contributed by atoms with E-state index in [1.54, 1.807) is 0 Å². The van der Waals surface area contributed by atoms with Crippen LogP contribution in [0.2, 0.25) is 0 Å². The molecule has 0 saturated carbocycles. The van der Waals surface area contributed by atoms with Gasteiger partial charge in [0, 0.05) is 11.7 Å². The van der Waals surface area contributed by atoms with Crippen LogP contribution < -0.4 is 11.1 Å². The number of nitrogens with one attached hydrogen (secondary N) is 1. The number of benzene rings is 1. The van der Waals surface area contributed by atoms with Gasteiger partial charge < -0.3 is 11.1 Å². The summed E-state index contributed by atoms with van der Waals surface area (Å²) in [6.45, 7) is 5.24. The maximum Gasteiger partial charge on any atom is 0.0314 e. The Morgan fingerprint density at radius 1 is 1.33 bits per heavy atom. The van der Waals surface area contributed by atoms with Crippen molar-refractivity contribution in [3.63, 3.8) is 0 Å². The smallest absolute Gasteiger partial charge is 0.0314 e. The highest BCUT2D eigenvalue weighted by Gasteiger charge is 2.01. The van der Waals surface area contributed by atoms with Crippen molar-refractivity contribution in [2.75, 3.05) is 12.3 Å². The molecule has 0 aromatic heterocycles. The van der Waals surface area contributed by atoms with E-state index in [2.05, 4.69) is 31.3 Å². The van der Waals surface area contributed by atoms with Crippen molar-refractivity contribution in [2.24, 2.45) is 0 Å². The average Bonchev–Trinajstić information content (AvgIpc) is 2.06. The molecule has 0 aliphatic heterocycles. The first kappa shape index (κ1) is 9.07. The van der Waals surface area contributed by atoms with Gasteiger partial charge in [-0.2, -0.15) is 0 Å². The van der Waals surface area contributed by atoms with Gasteiger partial charge in [-0.15, -0.1) is 0 Å². The SMILES string of the molecule is CCNC(C)c1ccc(N)cc1. The Morgan fingerprint density at radius 3 is 2.42 bits per heavy atom. The van der Waals surface area contributed by atoms with Gasteiger partial charge in [0.05, 0.1) is 0 Å². The molecule has 2 heteroatoms. The average molecular weight is 164 g/mol. The molecule has 0 aliphatic carbocycles. The van der Waals surface area contributed by atoms with Gasteiger partial charge in [-0.1, -0.05) is 19.1 Å². The summed E-state index contributed by atoms with van der Waals surface area (Å²) in [4.78, 5) is 0. The van der Waals surface area contributed by atoms with Gasteiger partial charge in [-0.05, 0) is 31.2 Å². The lowest BCUT2D eigenvalue weighted by atomic mass is 10.1. The van der Waals surface area contributed by atoms with Crippen LogP contribution in [0.1, 0.15) is 25.5 Å². The van der Waals surface area contributed by atoms with Gasteiger partial charge in [-0.3, -0.25) is 0 Å². The van der Waals surface area contributed by atoms with Crippen molar-refractivity contribution in [3.05, 3.63) is 29.8 Å². The number of nitrogen functional groups attached to an aromatic ring is 1. The van der Waals surface area contributed by atoms with E-state index in [9.17, 15) is 0 Å². The van der Waals surface area contributed by atoms with E-state index >= 15 is 0 Å². The summed E-state index contributed by atoms with van der Waals surface area (Å²) in [5, 5.41) is 3.34. The largest absolute Gasteiger partial charge is 0.399 e. The highest BCUT2D eigenvalue weighted by atomic mass is 14.9. The van der Waals surface area contributed by atoms with E-state index in [0.717, 1.165) is 12.2 Å². The second kappa shape index (κ2) is 4.12. The Balaban J connectivity index is 2.68. The van der Waals surface area contributed by atoms with Crippen molar-refractivity contribution in [2.45, 2.75) is 19.9 Å². The zero-order valence-corrected chi connectivity index (χ0v) is 7.67. The molecule has 1 aromatic rings. The summed E-state index contributed by atoms with van der Waals surface area (Å²) in [6.07, 6.45) is 0. The Morgan fingerprint density at radius 2 is 1.92 bits per heavy atom. The van der Waals surface area contributed by atoms with Crippen LogP contribution in [-0.2, 0) is 0 Å². The van der Waals surface area contributed by atoms with Crippen molar-refractivity contribution in [1.82, 2.24) is 5.32 Å². The maximum atomic E-state index is 5.58. The fourth-order valence-corrected chi connectivity index (χ4v) is 1.21. The summed E-state index contributed by atoms with van der Waals surface area (Å²) in [5.74, 6) is 0. The molecule has 0 radical (unpaired) electrons. The van der Waals surface area contributed by atoms with Crippen molar-refractivity contribution >= 4 is 5.69 Å². The van der Waals surface area contributed by atoms with E-state index in [4.69, 9.17) is 5.73 Å². The van der Waals surface area contributed by atoms with Crippen LogP contribution in [0.5, 0.6) is 0 Å². The molecule has 1 aromatic carbocycles. The minimum atomic E-state index is 0.413. The molecular formula is C10H16N2. The standard InChI is InChI=1S/C10H16N2/c1-3-12-8(2)9-4-6-10(11)7-5-9/h4-8,12H,3,11H2,1-2H3. The molecule has 1 unspecified atom stereocenters. The van der Waals surface area contributed by atoms with Crippen LogP contribution >= 0.6 is 0 Å². The minimum Gasteiger partial charge on any atom is -0.399 e. The topological polar surface area (TPSA) is 38.0 Å². The molecule has 2 nitrogen and oxygen atoms in total. The summed E-state index contributed by atoms with van der Waals surface area (Å²) in [5.41, 5.74) is 7.69. The molecule has 0 aliphatic rings. The van der Waals surface area contributed by atoms with E-state index in [1.165, 1.54) is 5.56 Å². The van der Waals surface area contributed by atoms with Crippen molar-refractivity contribution in [1.29, 1.82) is 0 Å².